The van der Waals surface area contributed by atoms with Gasteiger partial charge < -0.3 is 10.6 Å². The van der Waals surface area contributed by atoms with Gasteiger partial charge in [0, 0.05) is 12.7 Å². The second-order valence-electron chi connectivity index (χ2n) is 4.74. The number of nitriles is 1. The van der Waals surface area contributed by atoms with E-state index in [9.17, 15) is 4.79 Å². The van der Waals surface area contributed by atoms with Crippen LogP contribution in [0.3, 0.4) is 0 Å². The van der Waals surface area contributed by atoms with Crippen LogP contribution in [0.2, 0.25) is 0 Å². The first-order valence-electron chi connectivity index (χ1n) is 6.69. The predicted molar refractivity (Wildman–Crippen MR) is 80.9 cm³/mol. The molecule has 2 rings (SSSR count). The smallest absolute Gasteiger partial charge is 0.280 e. The van der Waals surface area contributed by atoms with Crippen molar-refractivity contribution < 1.29 is 4.79 Å². The third kappa shape index (κ3) is 2.87. The number of aromatic amines is 1. The minimum atomic E-state index is -0.304. The molecule has 1 aromatic carbocycles. The van der Waals surface area contributed by atoms with E-state index in [1.165, 1.54) is 4.90 Å². The molecule has 3 N–H and O–H groups in total. The Kier molecular flexibility index (Phi) is 4.24. The van der Waals surface area contributed by atoms with Gasteiger partial charge in [0.1, 0.15) is 0 Å². The van der Waals surface area contributed by atoms with Crippen LogP contribution in [-0.2, 0) is 6.42 Å². The molecule has 2 aromatic rings. The van der Waals surface area contributed by atoms with Crippen LogP contribution < -0.4 is 10.6 Å². The molecule has 0 unspecified atom stereocenters. The van der Waals surface area contributed by atoms with Crippen molar-refractivity contribution >= 4 is 17.3 Å². The lowest BCUT2D eigenvalue weighted by Crippen LogP contribution is -2.27. The number of carbonyl (C=O) groups excluding carboxylic acids is 1. The zero-order valence-corrected chi connectivity index (χ0v) is 12.1. The second-order valence-corrected chi connectivity index (χ2v) is 4.74. The first-order valence-corrected chi connectivity index (χ1v) is 6.69. The number of nitrogens with two attached hydrogens (primary N) is 1. The summed E-state index contributed by atoms with van der Waals surface area (Å²) in [4.78, 5) is 13.9. The van der Waals surface area contributed by atoms with Gasteiger partial charge in [0.2, 0.25) is 0 Å². The SMILES string of the molecule is CCCc1[nH]nc(C(=O)N(C)c2cccc(C#N)c2)c1N. The fourth-order valence-electron chi connectivity index (χ4n) is 2.05. The first-order chi connectivity index (χ1) is 10.1. The summed E-state index contributed by atoms with van der Waals surface area (Å²) in [7, 11) is 1.63. The van der Waals surface area contributed by atoms with Crippen molar-refractivity contribution in [2.75, 3.05) is 17.7 Å². The molecule has 0 saturated heterocycles. The average molecular weight is 283 g/mol. The van der Waals surface area contributed by atoms with Gasteiger partial charge in [0.25, 0.3) is 5.91 Å². The molecule has 21 heavy (non-hydrogen) atoms. The zero-order chi connectivity index (χ0) is 15.4. The Morgan fingerprint density at radius 2 is 2.29 bits per heavy atom. The molecule has 0 saturated carbocycles. The van der Waals surface area contributed by atoms with E-state index in [1.807, 2.05) is 13.0 Å². The second kappa shape index (κ2) is 6.09. The number of aryl methyl sites for hydroxylation is 1. The highest BCUT2D eigenvalue weighted by molar-refractivity contribution is 6.07. The Morgan fingerprint density at radius 1 is 1.52 bits per heavy atom. The Labute approximate surface area is 123 Å². The molecule has 0 atom stereocenters. The monoisotopic (exact) mass is 283 g/mol. The molecular formula is C15H17N5O. The van der Waals surface area contributed by atoms with Gasteiger partial charge in [-0.05, 0) is 24.6 Å². The van der Waals surface area contributed by atoms with E-state index < -0.39 is 0 Å². The molecule has 0 aliphatic rings. The third-order valence-electron chi connectivity index (χ3n) is 3.25. The summed E-state index contributed by atoms with van der Waals surface area (Å²) in [5.74, 6) is -0.304. The first kappa shape index (κ1) is 14.6. The number of anilines is 2. The maximum atomic E-state index is 12.5. The highest BCUT2D eigenvalue weighted by Gasteiger charge is 2.21. The number of benzene rings is 1. The minimum Gasteiger partial charge on any atom is -0.395 e. The lowest BCUT2D eigenvalue weighted by Gasteiger charge is -2.16. The minimum absolute atomic E-state index is 0.211. The van der Waals surface area contributed by atoms with Crippen LogP contribution in [0.1, 0.15) is 35.1 Å². The lowest BCUT2D eigenvalue weighted by atomic mass is 10.1. The summed E-state index contributed by atoms with van der Waals surface area (Å²) in [5.41, 5.74) is 8.47. The number of rotatable bonds is 4. The van der Waals surface area contributed by atoms with Gasteiger partial charge >= 0.3 is 0 Å². The zero-order valence-electron chi connectivity index (χ0n) is 12.1. The summed E-state index contributed by atoms with van der Waals surface area (Å²) in [5, 5.41) is 15.7. The quantitative estimate of drug-likeness (QED) is 0.897. The van der Waals surface area contributed by atoms with Crippen LogP contribution in [-0.4, -0.2) is 23.2 Å². The van der Waals surface area contributed by atoms with E-state index in [0.29, 0.717) is 16.9 Å². The van der Waals surface area contributed by atoms with Gasteiger partial charge in [-0.3, -0.25) is 9.89 Å². The Morgan fingerprint density at radius 3 is 2.95 bits per heavy atom. The number of hydrogen-bond acceptors (Lipinski definition) is 4. The van der Waals surface area contributed by atoms with Crippen molar-refractivity contribution in [3.05, 3.63) is 41.2 Å². The van der Waals surface area contributed by atoms with Crippen molar-refractivity contribution in [3.8, 4) is 6.07 Å². The molecule has 0 aliphatic heterocycles. The summed E-state index contributed by atoms with van der Waals surface area (Å²) >= 11 is 0. The van der Waals surface area contributed by atoms with Gasteiger partial charge in [-0.2, -0.15) is 10.4 Å². The topological polar surface area (TPSA) is 98.8 Å². The van der Waals surface area contributed by atoms with Crippen LogP contribution in [0, 0.1) is 11.3 Å². The van der Waals surface area contributed by atoms with E-state index in [0.717, 1.165) is 18.5 Å². The number of nitrogens with one attached hydrogen (secondary N) is 1. The molecule has 0 fully saturated rings. The van der Waals surface area contributed by atoms with Crippen LogP contribution in [0.25, 0.3) is 0 Å². The largest absolute Gasteiger partial charge is 0.395 e. The number of carbonyl (C=O) groups is 1. The number of H-pyrrole nitrogens is 1. The van der Waals surface area contributed by atoms with Crippen molar-refractivity contribution in [2.24, 2.45) is 0 Å². The van der Waals surface area contributed by atoms with E-state index in [1.54, 1.807) is 31.3 Å². The summed E-state index contributed by atoms with van der Waals surface area (Å²) in [6, 6.07) is 8.87. The van der Waals surface area contributed by atoms with E-state index in [-0.39, 0.29) is 11.6 Å². The van der Waals surface area contributed by atoms with Crippen molar-refractivity contribution in [3.63, 3.8) is 0 Å². The molecule has 0 aliphatic carbocycles. The third-order valence-corrected chi connectivity index (χ3v) is 3.25. The highest BCUT2D eigenvalue weighted by atomic mass is 16.2. The lowest BCUT2D eigenvalue weighted by molar-refractivity contribution is 0.0989. The standard InChI is InChI=1S/C15H17N5O/c1-3-5-12-13(17)14(19-18-12)15(21)20(2)11-7-4-6-10(8-11)9-16/h4,6-8H,3,5,17H2,1-2H3,(H,18,19). The molecule has 1 amide bonds. The molecule has 1 aromatic heterocycles. The fourth-order valence-corrected chi connectivity index (χ4v) is 2.05. The molecule has 0 radical (unpaired) electrons. The number of nitrogens with zero attached hydrogens (tertiary/aromatic N) is 3. The molecule has 6 heteroatoms. The number of hydrogen-bond donors (Lipinski definition) is 2. The highest BCUT2D eigenvalue weighted by Crippen LogP contribution is 2.21. The van der Waals surface area contributed by atoms with Crippen molar-refractivity contribution in [1.29, 1.82) is 5.26 Å². The van der Waals surface area contributed by atoms with Gasteiger partial charge in [0.05, 0.1) is 23.0 Å². The maximum absolute atomic E-state index is 12.5. The summed E-state index contributed by atoms with van der Waals surface area (Å²) in [6.07, 6.45) is 1.67. The Hall–Kier alpha value is -2.81. The van der Waals surface area contributed by atoms with Crippen LogP contribution in [0.4, 0.5) is 11.4 Å². The Balaban J connectivity index is 2.29. The number of aromatic nitrogens is 2. The molecule has 0 bridgehead atoms. The van der Waals surface area contributed by atoms with Crippen molar-refractivity contribution in [2.45, 2.75) is 19.8 Å². The van der Waals surface area contributed by atoms with Crippen LogP contribution in [0.5, 0.6) is 0 Å². The van der Waals surface area contributed by atoms with Crippen molar-refractivity contribution in [1.82, 2.24) is 10.2 Å². The maximum Gasteiger partial charge on any atom is 0.280 e. The van der Waals surface area contributed by atoms with Gasteiger partial charge in [-0.1, -0.05) is 19.4 Å². The fraction of sp³-hybridized carbons (Fsp3) is 0.267. The molecule has 6 nitrogen and oxygen atoms in total. The van der Waals surface area contributed by atoms with E-state index in [2.05, 4.69) is 10.2 Å². The van der Waals surface area contributed by atoms with E-state index >= 15 is 0 Å². The van der Waals surface area contributed by atoms with Crippen LogP contribution >= 0.6 is 0 Å². The molecule has 1 heterocycles. The normalized spacial score (nSPS) is 10.1. The van der Waals surface area contributed by atoms with Gasteiger partial charge in [0.15, 0.2) is 5.69 Å². The Bertz CT molecular complexity index is 698. The summed E-state index contributed by atoms with van der Waals surface area (Å²) < 4.78 is 0. The molecular weight excluding hydrogens is 266 g/mol. The molecule has 108 valence electrons. The number of amides is 1. The predicted octanol–water partition coefficient (Wildman–Crippen LogP) is 2.09. The van der Waals surface area contributed by atoms with Gasteiger partial charge in [-0.15, -0.1) is 0 Å². The average Bonchev–Trinajstić information content (AvgIpc) is 2.87. The van der Waals surface area contributed by atoms with Gasteiger partial charge in [-0.25, -0.2) is 0 Å². The summed E-state index contributed by atoms with van der Waals surface area (Å²) in [6.45, 7) is 2.03. The van der Waals surface area contributed by atoms with Crippen LogP contribution in [0.15, 0.2) is 24.3 Å². The number of nitrogen functional groups attached to an aromatic ring is 1. The molecule has 0 spiro atoms. The van der Waals surface area contributed by atoms with E-state index in [4.69, 9.17) is 11.0 Å².